The Bertz CT molecular complexity index is 1350. The zero-order valence-electron chi connectivity index (χ0n) is 19.3. The number of methoxy groups -OCH3 is 1. The molecule has 0 aromatic carbocycles. The minimum atomic E-state index is -0.548. The summed E-state index contributed by atoms with van der Waals surface area (Å²) < 4.78 is 19.1. The van der Waals surface area contributed by atoms with Gasteiger partial charge in [0.2, 0.25) is 0 Å². The third-order valence-electron chi connectivity index (χ3n) is 5.61. The Balaban J connectivity index is 1.32. The van der Waals surface area contributed by atoms with Crippen LogP contribution in [0, 0.1) is 0 Å². The molecule has 1 aliphatic rings. The third kappa shape index (κ3) is 4.99. The number of aromatic nitrogens is 5. The van der Waals surface area contributed by atoms with Crippen LogP contribution in [-0.2, 0) is 16.0 Å². The van der Waals surface area contributed by atoms with Gasteiger partial charge in [0.15, 0.2) is 5.76 Å². The molecule has 35 heavy (non-hydrogen) atoms. The molecule has 0 radical (unpaired) electrons. The Morgan fingerprint density at radius 1 is 1.20 bits per heavy atom. The van der Waals surface area contributed by atoms with E-state index in [4.69, 9.17) is 13.9 Å². The number of hydrogen-bond acceptors (Lipinski definition) is 8. The lowest BCUT2D eigenvalue weighted by atomic mass is 10.2. The number of nitrogens with zero attached hydrogens (tertiary/aromatic N) is 5. The van der Waals surface area contributed by atoms with E-state index in [9.17, 15) is 9.59 Å². The summed E-state index contributed by atoms with van der Waals surface area (Å²) in [5, 5.41) is 11.4. The molecule has 0 bridgehead atoms. The Kier molecular flexibility index (Phi) is 5.91. The molecule has 0 spiro atoms. The van der Waals surface area contributed by atoms with Crippen molar-refractivity contribution in [2.24, 2.45) is 0 Å². The van der Waals surface area contributed by atoms with Crippen molar-refractivity contribution >= 4 is 17.7 Å². The molecule has 180 valence electrons. The first-order chi connectivity index (χ1) is 16.9. The monoisotopic (exact) mass is 476 g/mol. The number of furan rings is 1. The maximum absolute atomic E-state index is 13.0. The molecule has 4 aromatic heterocycles. The lowest BCUT2D eigenvalue weighted by Crippen LogP contribution is -2.21. The van der Waals surface area contributed by atoms with Crippen LogP contribution in [0.1, 0.15) is 30.3 Å². The number of amides is 1. The van der Waals surface area contributed by atoms with Crippen molar-refractivity contribution < 1.29 is 23.5 Å². The van der Waals surface area contributed by atoms with Crippen LogP contribution in [0.2, 0.25) is 0 Å². The maximum atomic E-state index is 13.0. The van der Waals surface area contributed by atoms with E-state index in [1.54, 1.807) is 36.3 Å². The number of carbonyl (C=O) groups is 2. The van der Waals surface area contributed by atoms with E-state index >= 15 is 0 Å². The van der Waals surface area contributed by atoms with Gasteiger partial charge in [-0.3, -0.25) is 14.5 Å². The molecule has 0 aliphatic heterocycles. The van der Waals surface area contributed by atoms with Crippen LogP contribution < -0.4 is 5.32 Å². The highest BCUT2D eigenvalue weighted by molar-refractivity contribution is 6.04. The first-order valence-corrected chi connectivity index (χ1v) is 11.1. The van der Waals surface area contributed by atoms with Crippen molar-refractivity contribution in [3.05, 3.63) is 60.9 Å². The number of ether oxygens (including phenoxy) is 2. The predicted molar refractivity (Wildman–Crippen MR) is 125 cm³/mol. The lowest BCUT2D eigenvalue weighted by molar-refractivity contribution is 0.0917. The van der Waals surface area contributed by atoms with Gasteiger partial charge in [-0.2, -0.15) is 14.9 Å². The molecule has 0 atom stereocenters. The van der Waals surface area contributed by atoms with E-state index in [1.807, 2.05) is 25.1 Å². The molecule has 11 heteroatoms. The number of carbonyl (C=O) groups excluding carboxylic acids is 2. The fourth-order valence-electron chi connectivity index (χ4n) is 3.39. The van der Waals surface area contributed by atoms with Gasteiger partial charge in [0.25, 0.3) is 5.91 Å². The summed E-state index contributed by atoms with van der Waals surface area (Å²) in [5.74, 6) is 0.0400. The molecule has 1 aliphatic carbocycles. The van der Waals surface area contributed by atoms with Gasteiger partial charge in [-0.15, -0.1) is 0 Å². The largest absolute Gasteiger partial charge is 0.451 e. The Morgan fingerprint density at radius 2 is 2.06 bits per heavy atom. The molecule has 1 saturated carbocycles. The SMILES string of the molecule is COCCn1cc(NC(=O)c2ccc(-c3cnn(C(=O)OC4(C)CC4)c3)o2)c(-c2ccccn2)n1. The molecule has 0 unspecified atom stereocenters. The van der Waals surface area contributed by atoms with Gasteiger partial charge in [-0.05, 0) is 44.0 Å². The van der Waals surface area contributed by atoms with Crippen LogP contribution in [0.25, 0.3) is 22.7 Å². The van der Waals surface area contributed by atoms with Gasteiger partial charge in [0.05, 0.1) is 36.3 Å². The predicted octanol–water partition coefficient (Wildman–Crippen LogP) is 3.84. The van der Waals surface area contributed by atoms with E-state index < -0.39 is 17.6 Å². The van der Waals surface area contributed by atoms with E-state index in [0.717, 1.165) is 17.5 Å². The fourth-order valence-corrected chi connectivity index (χ4v) is 3.39. The fraction of sp³-hybridized carbons (Fsp3) is 0.292. The highest BCUT2D eigenvalue weighted by Crippen LogP contribution is 2.39. The topological polar surface area (TPSA) is 126 Å². The molecule has 5 rings (SSSR count). The third-order valence-corrected chi connectivity index (χ3v) is 5.61. The zero-order chi connectivity index (χ0) is 24.4. The summed E-state index contributed by atoms with van der Waals surface area (Å²) in [7, 11) is 1.61. The number of hydrogen-bond donors (Lipinski definition) is 1. The zero-order valence-corrected chi connectivity index (χ0v) is 19.3. The standard InChI is InChI=1S/C24H24N6O5/c1-24(8-9-24)35-23(32)30-14-16(13-26-30)19-6-7-20(34-19)22(31)27-18-15-29(11-12-33-2)28-21(18)17-5-3-4-10-25-17/h3-7,10,13-15H,8-9,11-12H2,1-2H3,(H,27,31). The van der Waals surface area contributed by atoms with E-state index in [1.165, 1.54) is 12.4 Å². The normalized spacial score (nSPS) is 14.0. The number of nitrogens with one attached hydrogen (secondary N) is 1. The smallest absolute Gasteiger partial charge is 0.435 e. The van der Waals surface area contributed by atoms with Crippen LogP contribution >= 0.6 is 0 Å². The van der Waals surface area contributed by atoms with Crippen molar-refractivity contribution in [2.75, 3.05) is 19.0 Å². The first-order valence-electron chi connectivity index (χ1n) is 11.1. The molecule has 0 saturated heterocycles. The van der Waals surface area contributed by atoms with Crippen LogP contribution in [0.15, 0.2) is 59.5 Å². The van der Waals surface area contributed by atoms with E-state index in [2.05, 4.69) is 20.5 Å². The second-order valence-electron chi connectivity index (χ2n) is 8.47. The van der Waals surface area contributed by atoms with Gasteiger partial charge < -0.3 is 19.2 Å². The second kappa shape index (κ2) is 9.18. The molecular formula is C24H24N6O5. The van der Waals surface area contributed by atoms with Crippen molar-refractivity contribution in [2.45, 2.75) is 31.9 Å². The quantitative estimate of drug-likeness (QED) is 0.406. The summed E-state index contributed by atoms with van der Waals surface area (Å²) in [5.41, 5.74) is 1.80. The highest BCUT2D eigenvalue weighted by Gasteiger charge is 2.42. The summed E-state index contributed by atoms with van der Waals surface area (Å²) in [6, 6.07) is 8.67. The Hall–Kier alpha value is -4.25. The molecule has 1 amide bonds. The first kappa shape index (κ1) is 22.5. The van der Waals surface area contributed by atoms with Gasteiger partial charge >= 0.3 is 6.09 Å². The molecule has 4 heterocycles. The highest BCUT2D eigenvalue weighted by atomic mass is 16.6. The average molecular weight is 476 g/mol. The molecule has 1 N–H and O–H groups in total. The minimum absolute atomic E-state index is 0.0948. The Morgan fingerprint density at radius 3 is 2.80 bits per heavy atom. The molecular weight excluding hydrogens is 452 g/mol. The average Bonchev–Trinajstić information content (AvgIpc) is 3.31. The summed E-state index contributed by atoms with van der Waals surface area (Å²) in [4.78, 5) is 29.5. The van der Waals surface area contributed by atoms with Crippen LogP contribution in [0.3, 0.4) is 0 Å². The van der Waals surface area contributed by atoms with Crippen molar-refractivity contribution in [1.82, 2.24) is 24.5 Å². The minimum Gasteiger partial charge on any atom is -0.451 e. The van der Waals surface area contributed by atoms with Crippen LogP contribution in [0.5, 0.6) is 0 Å². The number of anilines is 1. The summed E-state index contributed by atoms with van der Waals surface area (Å²) in [6.07, 6.45) is 7.51. The number of rotatable bonds is 8. The summed E-state index contributed by atoms with van der Waals surface area (Å²) >= 11 is 0. The van der Waals surface area contributed by atoms with E-state index in [0.29, 0.717) is 41.6 Å². The van der Waals surface area contributed by atoms with Crippen LogP contribution in [-0.4, -0.2) is 55.9 Å². The van der Waals surface area contributed by atoms with E-state index in [-0.39, 0.29) is 5.76 Å². The Labute approximate surface area is 200 Å². The lowest BCUT2D eigenvalue weighted by Gasteiger charge is -2.09. The maximum Gasteiger partial charge on any atom is 0.435 e. The van der Waals surface area contributed by atoms with Crippen molar-refractivity contribution in [3.63, 3.8) is 0 Å². The van der Waals surface area contributed by atoms with Crippen LogP contribution in [0.4, 0.5) is 10.5 Å². The van der Waals surface area contributed by atoms with Crippen molar-refractivity contribution in [1.29, 1.82) is 0 Å². The summed E-state index contributed by atoms with van der Waals surface area (Å²) in [6.45, 7) is 2.87. The van der Waals surface area contributed by atoms with Crippen molar-refractivity contribution in [3.8, 4) is 22.7 Å². The molecule has 1 fully saturated rings. The number of pyridine rings is 1. The van der Waals surface area contributed by atoms with Gasteiger partial charge in [-0.25, -0.2) is 4.79 Å². The van der Waals surface area contributed by atoms with Gasteiger partial charge in [0, 0.05) is 25.7 Å². The molecule has 4 aromatic rings. The van der Waals surface area contributed by atoms with Gasteiger partial charge in [-0.1, -0.05) is 6.07 Å². The second-order valence-corrected chi connectivity index (χ2v) is 8.47. The van der Waals surface area contributed by atoms with Gasteiger partial charge in [0.1, 0.15) is 17.1 Å². The molecule has 11 nitrogen and oxygen atoms in total.